The average Bonchev–Trinajstić information content (AvgIpc) is 3.54. The third-order valence-corrected chi connectivity index (χ3v) is 6.45. The van der Waals surface area contributed by atoms with Crippen LogP contribution >= 0.6 is 0 Å². The number of pyridine rings is 1. The molecule has 1 aliphatic rings. The van der Waals surface area contributed by atoms with Crippen molar-refractivity contribution >= 4 is 16.8 Å². The molecule has 36 heavy (non-hydrogen) atoms. The number of ether oxygens (including phenoxy) is 2. The molecule has 1 saturated heterocycles. The average molecular weight is 489 g/mol. The summed E-state index contributed by atoms with van der Waals surface area (Å²) in [6, 6.07) is 16.0. The first-order chi connectivity index (χ1) is 17.5. The van der Waals surface area contributed by atoms with Crippen LogP contribution < -0.4 is 4.74 Å². The van der Waals surface area contributed by atoms with Gasteiger partial charge in [0.2, 0.25) is 5.91 Å². The molecule has 1 aliphatic heterocycles. The first kappa shape index (κ1) is 23.9. The Morgan fingerprint density at radius 2 is 2.08 bits per heavy atom. The van der Waals surface area contributed by atoms with E-state index in [1.54, 1.807) is 17.9 Å². The Morgan fingerprint density at radius 3 is 2.83 bits per heavy atom. The molecular weight excluding hydrogens is 459 g/mol. The van der Waals surface area contributed by atoms with Crippen molar-refractivity contribution in [2.45, 2.75) is 39.0 Å². The number of aromatic nitrogens is 3. The number of methoxy groups -OCH3 is 1. The van der Waals surface area contributed by atoms with Crippen LogP contribution in [0.25, 0.3) is 22.2 Å². The fourth-order valence-corrected chi connectivity index (χ4v) is 4.66. The van der Waals surface area contributed by atoms with Gasteiger partial charge in [-0.05, 0) is 61.7 Å². The number of carbonyl (C=O) groups is 1. The highest BCUT2D eigenvalue weighted by Crippen LogP contribution is 2.33. The summed E-state index contributed by atoms with van der Waals surface area (Å²) in [5.41, 5.74) is 3.70. The summed E-state index contributed by atoms with van der Waals surface area (Å²) in [6.45, 7) is 3.55. The normalized spacial score (nSPS) is 15.4. The zero-order valence-electron chi connectivity index (χ0n) is 20.5. The maximum atomic E-state index is 14.0. The molecule has 0 bridgehead atoms. The summed E-state index contributed by atoms with van der Waals surface area (Å²) in [6.07, 6.45) is 3.70. The van der Waals surface area contributed by atoms with Crippen LogP contribution in [-0.4, -0.2) is 51.9 Å². The SMILES string of the molecule is COc1ccccc1-c1nc2cc(F)ccc2cc1CN(CC1CCCO1)C(=O)Cn1ccc(C)n1. The van der Waals surface area contributed by atoms with Crippen molar-refractivity contribution in [3.63, 3.8) is 0 Å². The third kappa shape index (κ3) is 5.23. The van der Waals surface area contributed by atoms with E-state index in [0.717, 1.165) is 35.0 Å². The van der Waals surface area contributed by atoms with E-state index in [1.165, 1.54) is 12.1 Å². The van der Waals surface area contributed by atoms with Gasteiger partial charge in [-0.1, -0.05) is 12.1 Å². The smallest absolute Gasteiger partial charge is 0.244 e. The Kier molecular flexibility index (Phi) is 6.95. The Labute approximate surface area is 209 Å². The molecule has 1 unspecified atom stereocenters. The largest absolute Gasteiger partial charge is 0.496 e. The summed E-state index contributed by atoms with van der Waals surface area (Å²) >= 11 is 0. The summed E-state index contributed by atoms with van der Waals surface area (Å²) in [7, 11) is 1.61. The van der Waals surface area contributed by atoms with Crippen molar-refractivity contribution in [2.24, 2.45) is 0 Å². The molecule has 0 saturated carbocycles. The summed E-state index contributed by atoms with van der Waals surface area (Å²) in [5.74, 6) is 0.253. The fraction of sp³-hybridized carbons (Fsp3) is 0.321. The van der Waals surface area contributed by atoms with Crippen molar-refractivity contribution in [3.8, 4) is 17.0 Å². The lowest BCUT2D eigenvalue weighted by atomic mass is 10.0. The van der Waals surface area contributed by atoms with E-state index >= 15 is 0 Å². The first-order valence-electron chi connectivity index (χ1n) is 12.1. The summed E-state index contributed by atoms with van der Waals surface area (Å²) < 4.78 is 27.2. The Balaban J connectivity index is 1.55. The van der Waals surface area contributed by atoms with Gasteiger partial charge in [0.05, 0.1) is 30.1 Å². The third-order valence-electron chi connectivity index (χ3n) is 6.45. The molecule has 1 amide bonds. The van der Waals surface area contributed by atoms with Crippen molar-refractivity contribution in [3.05, 3.63) is 77.9 Å². The number of hydrogen-bond donors (Lipinski definition) is 0. The highest BCUT2D eigenvalue weighted by molar-refractivity contribution is 5.85. The molecule has 3 heterocycles. The van der Waals surface area contributed by atoms with Gasteiger partial charge in [0, 0.05) is 42.9 Å². The van der Waals surface area contributed by atoms with Gasteiger partial charge in [0.1, 0.15) is 18.1 Å². The second kappa shape index (κ2) is 10.5. The predicted molar refractivity (Wildman–Crippen MR) is 135 cm³/mol. The Morgan fingerprint density at radius 1 is 1.22 bits per heavy atom. The molecule has 2 aromatic heterocycles. The van der Waals surface area contributed by atoms with Crippen molar-refractivity contribution in [1.29, 1.82) is 0 Å². The fourth-order valence-electron chi connectivity index (χ4n) is 4.66. The molecule has 186 valence electrons. The van der Waals surface area contributed by atoms with Gasteiger partial charge in [-0.3, -0.25) is 9.48 Å². The molecule has 0 N–H and O–H groups in total. The van der Waals surface area contributed by atoms with Crippen LogP contribution in [0.15, 0.2) is 60.8 Å². The van der Waals surface area contributed by atoms with Gasteiger partial charge in [0.15, 0.2) is 0 Å². The molecule has 0 radical (unpaired) electrons. The van der Waals surface area contributed by atoms with E-state index in [2.05, 4.69) is 5.10 Å². The number of hydrogen-bond acceptors (Lipinski definition) is 5. The standard InChI is InChI=1S/C28H29FN4O3/c1-19-11-12-33(31-19)18-27(34)32(17-23-6-5-13-36-23)16-21-14-20-9-10-22(29)15-25(20)30-28(21)24-7-3-4-8-26(24)35-2/h3-4,7-12,14-15,23H,5-6,13,16-18H2,1-2H3. The minimum absolute atomic E-state index is 0.00877. The van der Waals surface area contributed by atoms with E-state index in [0.29, 0.717) is 36.7 Å². The zero-order chi connectivity index (χ0) is 25.1. The second-order valence-electron chi connectivity index (χ2n) is 9.10. The number of carbonyl (C=O) groups excluding carboxylic acids is 1. The molecule has 0 spiro atoms. The number of aryl methyl sites for hydroxylation is 1. The molecular formula is C28H29FN4O3. The summed E-state index contributed by atoms with van der Waals surface area (Å²) in [5, 5.41) is 5.19. The van der Waals surface area contributed by atoms with Crippen LogP contribution in [0.1, 0.15) is 24.1 Å². The molecule has 2 aromatic carbocycles. The zero-order valence-corrected chi connectivity index (χ0v) is 20.5. The minimum Gasteiger partial charge on any atom is -0.496 e. The molecule has 1 fully saturated rings. The first-order valence-corrected chi connectivity index (χ1v) is 12.1. The minimum atomic E-state index is -0.349. The number of amides is 1. The van der Waals surface area contributed by atoms with Gasteiger partial charge in [-0.25, -0.2) is 9.37 Å². The number of rotatable bonds is 8. The van der Waals surface area contributed by atoms with E-state index in [-0.39, 0.29) is 24.4 Å². The lowest BCUT2D eigenvalue weighted by Crippen LogP contribution is -2.39. The lowest BCUT2D eigenvalue weighted by Gasteiger charge is -2.27. The topological polar surface area (TPSA) is 69.5 Å². The van der Waals surface area contributed by atoms with Crippen LogP contribution in [0.3, 0.4) is 0 Å². The van der Waals surface area contributed by atoms with E-state index in [1.807, 2.05) is 54.4 Å². The predicted octanol–water partition coefficient (Wildman–Crippen LogP) is 4.76. The van der Waals surface area contributed by atoms with Crippen LogP contribution in [-0.2, 0) is 22.6 Å². The van der Waals surface area contributed by atoms with E-state index in [9.17, 15) is 9.18 Å². The molecule has 4 aromatic rings. The van der Waals surface area contributed by atoms with Gasteiger partial charge < -0.3 is 14.4 Å². The van der Waals surface area contributed by atoms with Crippen LogP contribution in [0.2, 0.25) is 0 Å². The Hall–Kier alpha value is -3.78. The molecule has 1 atom stereocenters. The van der Waals surface area contributed by atoms with E-state index < -0.39 is 0 Å². The highest BCUT2D eigenvalue weighted by atomic mass is 19.1. The van der Waals surface area contributed by atoms with Crippen molar-refractivity contribution in [2.75, 3.05) is 20.3 Å². The number of nitrogens with zero attached hydrogens (tertiary/aromatic N) is 4. The van der Waals surface area contributed by atoms with Crippen molar-refractivity contribution < 1.29 is 18.7 Å². The van der Waals surface area contributed by atoms with Gasteiger partial charge in [0.25, 0.3) is 0 Å². The van der Waals surface area contributed by atoms with Gasteiger partial charge in [-0.2, -0.15) is 5.10 Å². The Bertz CT molecular complexity index is 1380. The van der Waals surface area contributed by atoms with Crippen LogP contribution in [0.5, 0.6) is 5.75 Å². The number of para-hydroxylation sites is 1. The number of halogens is 1. The maximum absolute atomic E-state index is 14.0. The molecule has 0 aliphatic carbocycles. The van der Waals surface area contributed by atoms with Gasteiger partial charge >= 0.3 is 0 Å². The highest BCUT2D eigenvalue weighted by Gasteiger charge is 2.25. The quantitative estimate of drug-likeness (QED) is 0.358. The summed E-state index contributed by atoms with van der Waals surface area (Å²) in [4.78, 5) is 20.2. The van der Waals surface area contributed by atoms with Crippen LogP contribution in [0, 0.1) is 12.7 Å². The lowest BCUT2D eigenvalue weighted by molar-refractivity contribution is -0.134. The molecule has 8 heteroatoms. The number of fused-ring (bicyclic) bond motifs is 1. The number of benzene rings is 2. The second-order valence-corrected chi connectivity index (χ2v) is 9.10. The molecule has 7 nitrogen and oxygen atoms in total. The van der Waals surface area contributed by atoms with Gasteiger partial charge in [-0.15, -0.1) is 0 Å². The van der Waals surface area contributed by atoms with E-state index in [4.69, 9.17) is 14.5 Å². The monoisotopic (exact) mass is 488 g/mol. The maximum Gasteiger partial charge on any atom is 0.244 e. The molecule has 5 rings (SSSR count). The van der Waals surface area contributed by atoms with Crippen molar-refractivity contribution in [1.82, 2.24) is 19.7 Å². The van der Waals surface area contributed by atoms with Crippen LogP contribution in [0.4, 0.5) is 4.39 Å².